The van der Waals surface area contributed by atoms with Crippen molar-refractivity contribution in [1.82, 2.24) is 0 Å². The molecule has 0 bridgehead atoms. The van der Waals surface area contributed by atoms with Gasteiger partial charge in [0.2, 0.25) is 0 Å². The van der Waals surface area contributed by atoms with Crippen molar-refractivity contribution in [2.75, 3.05) is 13.2 Å². The number of carbonyl (C=O) groups is 2. The number of Topliss-reactive ketones (excluding diaryl/α,β-unsaturated/α-hetero) is 1. The summed E-state index contributed by atoms with van der Waals surface area (Å²) in [5, 5.41) is 10.1. The van der Waals surface area contributed by atoms with Crippen LogP contribution in [0.25, 0.3) is 0 Å². The summed E-state index contributed by atoms with van der Waals surface area (Å²) < 4.78 is 10.6. The minimum atomic E-state index is -0.522. The molecule has 164 valence electrons. The number of carbonyl (C=O) groups excluding carboxylic acids is 2. The molecule has 1 rings (SSSR count). The van der Waals surface area contributed by atoms with Gasteiger partial charge in [0, 0.05) is 12.3 Å². The molecule has 0 aliphatic carbocycles. The molecular formula is C24H38O5. The Morgan fingerprint density at radius 3 is 2.45 bits per heavy atom. The molecule has 0 heterocycles. The van der Waals surface area contributed by atoms with Crippen LogP contribution in [0.3, 0.4) is 0 Å². The van der Waals surface area contributed by atoms with Gasteiger partial charge < -0.3 is 14.6 Å². The van der Waals surface area contributed by atoms with E-state index in [2.05, 4.69) is 0 Å². The number of aryl methyl sites for hydroxylation is 1. The summed E-state index contributed by atoms with van der Waals surface area (Å²) in [7, 11) is 0. The Balaban J connectivity index is 2.15. The van der Waals surface area contributed by atoms with Crippen LogP contribution in [0.1, 0.15) is 77.2 Å². The Morgan fingerprint density at radius 2 is 1.76 bits per heavy atom. The molecule has 0 fully saturated rings. The number of esters is 1. The van der Waals surface area contributed by atoms with Crippen LogP contribution in [0.2, 0.25) is 0 Å². The summed E-state index contributed by atoms with van der Waals surface area (Å²) in [6.45, 7) is 6.19. The summed E-state index contributed by atoms with van der Waals surface area (Å²) in [4.78, 5) is 23.2. The second-order valence-electron chi connectivity index (χ2n) is 7.78. The van der Waals surface area contributed by atoms with Crippen LogP contribution in [0.15, 0.2) is 24.3 Å². The molecule has 1 aromatic rings. The van der Waals surface area contributed by atoms with Gasteiger partial charge in [0.25, 0.3) is 0 Å². The van der Waals surface area contributed by atoms with E-state index in [0.717, 1.165) is 56.3 Å². The van der Waals surface area contributed by atoms with E-state index in [1.807, 2.05) is 38.1 Å². The van der Waals surface area contributed by atoms with Gasteiger partial charge in [-0.25, -0.2) is 0 Å². The largest absolute Gasteiger partial charge is 0.491 e. The van der Waals surface area contributed by atoms with Crippen molar-refractivity contribution >= 4 is 11.8 Å². The number of unbranched alkanes of at least 4 members (excludes halogenated alkanes) is 3. The molecular weight excluding hydrogens is 368 g/mol. The molecule has 2 atom stereocenters. The Kier molecular flexibility index (Phi) is 13.0. The first-order chi connectivity index (χ1) is 13.9. The van der Waals surface area contributed by atoms with Gasteiger partial charge >= 0.3 is 5.97 Å². The molecule has 2 unspecified atom stereocenters. The van der Waals surface area contributed by atoms with Crippen LogP contribution < -0.4 is 4.74 Å². The Hall–Kier alpha value is -1.88. The van der Waals surface area contributed by atoms with Crippen LogP contribution in [0, 0.1) is 12.8 Å². The Bertz CT molecular complexity index is 599. The van der Waals surface area contributed by atoms with Crippen molar-refractivity contribution in [3.63, 3.8) is 0 Å². The predicted molar refractivity (Wildman–Crippen MR) is 115 cm³/mol. The molecule has 1 aromatic carbocycles. The van der Waals surface area contributed by atoms with E-state index < -0.39 is 6.10 Å². The number of aliphatic hydroxyl groups excluding tert-OH is 1. The fraction of sp³-hybridized carbons (Fsp3) is 0.667. The number of hydrogen-bond donors (Lipinski definition) is 1. The van der Waals surface area contributed by atoms with Crippen molar-refractivity contribution < 1.29 is 24.2 Å². The van der Waals surface area contributed by atoms with Crippen LogP contribution >= 0.6 is 0 Å². The zero-order valence-corrected chi connectivity index (χ0v) is 18.3. The number of aliphatic hydroxyl groups is 1. The quantitative estimate of drug-likeness (QED) is 0.308. The van der Waals surface area contributed by atoms with Crippen molar-refractivity contribution in [2.24, 2.45) is 5.92 Å². The molecule has 5 nitrogen and oxygen atoms in total. The predicted octanol–water partition coefficient (Wildman–Crippen LogP) is 5.01. The van der Waals surface area contributed by atoms with Gasteiger partial charge in [0.05, 0.1) is 12.7 Å². The maximum Gasteiger partial charge on any atom is 0.305 e. The molecule has 1 N–H and O–H groups in total. The highest BCUT2D eigenvalue weighted by molar-refractivity contribution is 5.78. The van der Waals surface area contributed by atoms with Crippen LogP contribution in [-0.4, -0.2) is 36.2 Å². The second-order valence-corrected chi connectivity index (χ2v) is 7.78. The lowest BCUT2D eigenvalue weighted by Gasteiger charge is -2.16. The number of benzene rings is 1. The van der Waals surface area contributed by atoms with Crippen molar-refractivity contribution in [3.05, 3.63) is 29.8 Å². The zero-order chi connectivity index (χ0) is 21.5. The van der Waals surface area contributed by atoms with E-state index in [4.69, 9.17) is 9.47 Å². The Labute approximate surface area is 175 Å². The maximum absolute atomic E-state index is 11.9. The molecule has 0 radical (unpaired) electrons. The monoisotopic (exact) mass is 406 g/mol. The normalized spacial score (nSPS) is 13.0. The van der Waals surface area contributed by atoms with Crippen LogP contribution in [0.5, 0.6) is 5.75 Å². The number of rotatable bonds is 16. The average molecular weight is 407 g/mol. The average Bonchev–Trinajstić information content (AvgIpc) is 2.67. The summed E-state index contributed by atoms with van der Waals surface area (Å²) >= 11 is 0. The molecule has 0 saturated heterocycles. The van der Waals surface area contributed by atoms with Crippen LogP contribution in [0.4, 0.5) is 0 Å². The number of ether oxygens (including phenoxy) is 2. The molecule has 0 amide bonds. The van der Waals surface area contributed by atoms with E-state index in [-0.39, 0.29) is 24.3 Å². The van der Waals surface area contributed by atoms with E-state index >= 15 is 0 Å². The summed E-state index contributed by atoms with van der Waals surface area (Å²) in [6, 6.07) is 7.78. The first-order valence-corrected chi connectivity index (χ1v) is 11.0. The SMILES string of the molecule is CCOC(=O)CCCCCCC(CCCC(O)COc1cccc(C)c1)C(C)=O. The lowest BCUT2D eigenvalue weighted by molar-refractivity contribution is -0.143. The fourth-order valence-electron chi connectivity index (χ4n) is 3.38. The van der Waals surface area contributed by atoms with Gasteiger partial charge in [-0.15, -0.1) is 0 Å². The van der Waals surface area contributed by atoms with Gasteiger partial charge in [-0.3, -0.25) is 9.59 Å². The van der Waals surface area contributed by atoms with Crippen molar-refractivity contribution in [3.8, 4) is 5.75 Å². The zero-order valence-electron chi connectivity index (χ0n) is 18.3. The van der Waals surface area contributed by atoms with E-state index in [0.29, 0.717) is 19.4 Å². The third-order valence-corrected chi connectivity index (χ3v) is 5.09. The van der Waals surface area contributed by atoms with Gasteiger partial charge in [0.1, 0.15) is 18.1 Å². The molecule has 0 aliphatic heterocycles. The summed E-state index contributed by atoms with van der Waals surface area (Å²) in [5.41, 5.74) is 1.13. The molecule has 0 spiro atoms. The maximum atomic E-state index is 11.9. The molecule has 29 heavy (non-hydrogen) atoms. The molecule has 0 aromatic heterocycles. The van der Waals surface area contributed by atoms with Crippen molar-refractivity contribution in [1.29, 1.82) is 0 Å². The lowest BCUT2D eigenvalue weighted by atomic mass is 9.91. The highest BCUT2D eigenvalue weighted by Crippen LogP contribution is 2.20. The highest BCUT2D eigenvalue weighted by Gasteiger charge is 2.15. The highest BCUT2D eigenvalue weighted by atomic mass is 16.5. The van der Waals surface area contributed by atoms with E-state index in [9.17, 15) is 14.7 Å². The molecule has 5 heteroatoms. The van der Waals surface area contributed by atoms with Crippen molar-refractivity contribution in [2.45, 2.75) is 84.7 Å². The fourth-order valence-corrected chi connectivity index (χ4v) is 3.38. The van der Waals surface area contributed by atoms with E-state index in [1.54, 1.807) is 6.92 Å². The Morgan fingerprint density at radius 1 is 1.03 bits per heavy atom. The first-order valence-electron chi connectivity index (χ1n) is 11.0. The standard InChI is InChI=1S/C24H38O5/c1-4-28-24(27)16-8-6-5-7-12-21(20(3)25)13-10-14-22(26)18-29-23-15-9-11-19(2)17-23/h9,11,15,17,21-22,26H,4-8,10,12-14,16,18H2,1-3H3. The first kappa shape index (κ1) is 25.2. The summed E-state index contributed by atoms with van der Waals surface area (Å²) in [6.07, 6.45) is 6.93. The minimum absolute atomic E-state index is 0.0601. The van der Waals surface area contributed by atoms with Gasteiger partial charge in [-0.2, -0.15) is 0 Å². The second kappa shape index (κ2) is 15.0. The van der Waals surface area contributed by atoms with Crippen LogP contribution in [-0.2, 0) is 14.3 Å². The van der Waals surface area contributed by atoms with Gasteiger partial charge in [0.15, 0.2) is 0 Å². The van der Waals surface area contributed by atoms with E-state index in [1.165, 1.54) is 0 Å². The number of ketones is 1. The molecule has 0 aliphatic rings. The van der Waals surface area contributed by atoms with Gasteiger partial charge in [-0.05, 0) is 64.2 Å². The summed E-state index contributed by atoms with van der Waals surface area (Å²) in [5.74, 6) is 0.930. The van der Waals surface area contributed by atoms with Gasteiger partial charge in [-0.1, -0.05) is 37.8 Å². The lowest BCUT2D eigenvalue weighted by Crippen LogP contribution is -2.18. The molecule has 0 saturated carbocycles. The minimum Gasteiger partial charge on any atom is -0.491 e. The number of hydrogen-bond acceptors (Lipinski definition) is 5. The topological polar surface area (TPSA) is 72.8 Å². The third kappa shape index (κ3) is 12.3. The smallest absolute Gasteiger partial charge is 0.305 e. The third-order valence-electron chi connectivity index (χ3n) is 5.09.